The van der Waals surface area contributed by atoms with Gasteiger partial charge in [0.1, 0.15) is 12.4 Å². The van der Waals surface area contributed by atoms with Gasteiger partial charge >= 0.3 is 6.18 Å². The number of aromatic nitrogens is 2. The number of halogens is 3. The minimum absolute atomic E-state index is 0.0588. The minimum atomic E-state index is -4.29. The van der Waals surface area contributed by atoms with Gasteiger partial charge in [0, 0.05) is 18.9 Å². The van der Waals surface area contributed by atoms with Gasteiger partial charge in [-0.2, -0.15) is 13.2 Å². The maximum atomic E-state index is 12.0. The van der Waals surface area contributed by atoms with Crippen molar-refractivity contribution in [3.05, 3.63) is 18.2 Å². The number of nitrogens with zero attached hydrogens (tertiary/aromatic N) is 2. The summed E-state index contributed by atoms with van der Waals surface area (Å²) >= 11 is 0. The number of likely N-dealkylation sites (N-methyl/N-ethyl adjacent to an activating group) is 1. The Hall–Kier alpha value is -1.08. The lowest BCUT2D eigenvalue weighted by Gasteiger charge is -2.18. The van der Waals surface area contributed by atoms with Gasteiger partial charge in [0.25, 0.3) is 0 Å². The lowest BCUT2D eigenvalue weighted by molar-refractivity contribution is -0.175. The molecule has 1 N–H and O–H groups in total. The number of nitrogens with one attached hydrogen (secondary N) is 1. The molecule has 1 heterocycles. The predicted octanol–water partition coefficient (Wildman–Crippen LogP) is 2.13. The molecule has 0 saturated heterocycles. The lowest BCUT2D eigenvalue weighted by atomic mass is 10.3. The Balaban J connectivity index is 2.57. The van der Waals surface area contributed by atoms with Crippen molar-refractivity contribution in [2.75, 3.05) is 20.3 Å². The van der Waals surface area contributed by atoms with Crippen LogP contribution in [0.5, 0.6) is 0 Å². The zero-order valence-electron chi connectivity index (χ0n) is 10.5. The molecule has 104 valence electrons. The van der Waals surface area contributed by atoms with Crippen LogP contribution < -0.4 is 5.32 Å². The maximum absolute atomic E-state index is 12.0. The molecule has 0 saturated carbocycles. The van der Waals surface area contributed by atoms with Crippen molar-refractivity contribution in [2.45, 2.75) is 32.1 Å². The summed E-state index contributed by atoms with van der Waals surface area (Å²) < 4.78 is 42.5. The van der Waals surface area contributed by atoms with E-state index in [0.717, 1.165) is 13.0 Å². The molecule has 1 aromatic rings. The van der Waals surface area contributed by atoms with E-state index in [1.807, 2.05) is 17.7 Å². The molecule has 0 bridgehead atoms. The molecule has 0 radical (unpaired) electrons. The first-order valence-corrected chi connectivity index (χ1v) is 5.80. The molecular weight excluding hydrogens is 247 g/mol. The van der Waals surface area contributed by atoms with Crippen LogP contribution in [0.25, 0.3) is 0 Å². The fraction of sp³-hybridized carbons (Fsp3) is 0.727. The van der Waals surface area contributed by atoms with Gasteiger partial charge < -0.3 is 14.6 Å². The molecular formula is C11H18F3N3O. The fourth-order valence-electron chi connectivity index (χ4n) is 1.64. The Morgan fingerprint density at radius 1 is 1.50 bits per heavy atom. The quantitative estimate of drug-likeness (QED) is 0.821. The van der Waals surface area contributed by atoms with E-state index in [4.69, 9.17) is 0 Å². The molecule has 0 aliphatic carbocycles. The topological polar surface area (TPSA) is 39.1 Å². The van der Waals surface area contributed by atoms with Crippen LogP contribution in [0.1, 0.15) is 25.2 Å². The van der Waals surface area contributed by atoms with Crippen molar-refractivity contribution in [3.63, 3.8) is 0 Å². The molecule has 1 unspecified atom stereocenters. The highest BCUT2D eigenvalue weighted by atomic mass is 19.4. The third-order valence-electron chi connectivity index (χ3n) is 2.42. The highest BCUT2D eigenvalue weighted by Gasteiger charge is 2.28. The number of ether oxygens (including phenoxy) is 1. The van der Waals surface area contributed by atoms with Crippen LogP contribution >= 0.6 is 0 Å². The average Bonchev–Trinajstić information content (AvgIpc) is 2.72. The molecule has 7 heteroatoms. The number of rotatable bonds is 7. The Morgan fingerprint density at radius 3 is 2.78 bits per heavy atom. The van der Waals surface area contributed by atoms with Crippen LogP contribution in [0, 0.1) is 0 Å². The first kappa shape index (κ1) is 15.0. The summed E-state index contributed by atoms with van der Waals surface area (Å²) in [5.41, 5.74) is 0. The first-order valence-electron chi connectivity index (χ1n) is 5.80. The second-order valence-corrected chi connectivity index (χ2v) is 3.95. The molecule has 0 fully saturated rings. The van der Waals surface area contributed by atoms with Gasteiger partial charge in [0.15, 0.2) is 0 Å². The fourth-order valence-corrected chi connectivity index (χ4v) is 1.64. The largest absolute Gasteiger partial charge is 0.411 e. The highest BCUT2D eigenvalue weighted by Crippen LogP contribution is 2.17. The van der Waals surface area contributed by atoms with Crippen molar-refractivity contribution in [2.24, 2.45) is 0 Å². The van der Waals surface area contributed by atoms with E-state index >= 15 is 0 Å². The van der Waals surface area contributed by atoms with Crippen molar-refractivity contribution in [3.8, 4) is 0 Å². The summed E-state index contributed by atoms with van der Waals surface area (Å²) in [7, 11) is 1.67. The van der Waals surface area contributed by atoms with Crippen LogP contribution in [-0.4, -0.2) is 36.0 Å². The number of imidazole rings is 1. The number of alkyl halides is 3. The summed E-state index contributed by atoms with van der Waals surface area (Å²) in [6.45, 7) is 1.52. The average molecular weight is 265 g/mol. The van der Waals surface area contributed by atoms with Crippen molar-refractivity contribution in [1.82, 2.24) is 14.9 Å². The van der Waals surface area contributed by atoms with Gasteiger partial charge in [-0.1, -0.05) is 6.92 Å². The predicted molar refractivity (Wildman–Crippen MR) is 61.2 cm³/mol. The molecule has 1 aromatic heterocycles. The first-order chi connectivity index (χ1) is 8.48. The van der Waals surface area contributed by atoms with Gasteiger partial charge in [-0.3, -0.25) is 0 Å². The van der Waals surface area contributed by atoms with E-state index in [9.17, 15) is 13.2 Å². The van der Waals surface area contributed by atoms with Crippen LogP contribution in [-0.2, 0) is 11.3 Å². The second-order valence-electron chi connectivity index (χ2n) is 3.95. The SMILES string of the molecule is CCCn1ccnc1C(COCC(F)(F)F)NC. The molecule has 1 rings (SSSR count). The Bertz CT molecular complexity index is 352. The monoisotopic (exact) mass is 265 g/mol. The Labute approximate surface area is 104 Å². The van der Waals surface area contributed by atoms with Gasteiger partial charge in [-0.05, 0) is 13.5 Å². The van der Waals surface area contributed by atoms with Gasteiger partial charge in [-0.25, -0.2) is 4.98 Å². The standard InChI is InChI=1S/C11H18F3N3O/c1-3-5-17-6-4-16-10(17)9(15-2)7-18-8-11(12,13)14/h4,6,9,15H,3,5,7-8H2,1-2H3. The molecule has 18 heavy (non-hydrogen) atoms. The summed E-state index contributed by atoms with van der Waals surface area (Å²) in [5.74, 6) is 0.696. The molecule has 0 aliphatic rings. The molecule has 0 aliphatic heterocycles. The van der Waals surface area contributed by atoms with E-state index in [2.05, 4.69) is 15.0 Å². The van der Waals surface area contributed by atoms with Gasteiger partial charge in [0.05, 0.1) is 12.6 Å². The van der Waals surface area contributed by atoms with Crippen LogP contribution in [0.15, 0.2) is 12.4 Å². The van der Waals surface area contributed by atoms with Crippen molar-refractivity contribution < 1.29 is 17.9 Å². The van der Waals surface area contributed by atoms with E-state index in [0.29, 0.717) is 5.82 Å². The number of hydrogen-bond donors (Lipinski definition) is 1. The van der Waals surface area contributed by atoms with E-state index in [1.54, 1.807) is 13.2 Å². The van der Waals surface area contributed by atoms with E-state index in [1.165, 1.54) is 0 Å². The summed E-state index contributed by atoms with van der Waals surface area (Å²) in [4.78, 5) is 4.16. The minimum Gasteiger partial charge on any atom is -0.370 e. The van der Waals surface area contributed by atoms with Crippen LogP contribution in [0.3, 0.4) is 0 Å². The van der Waals surface area contributed by atoms with Crippen molar-refractivity contribution in [1.29, 1.82) is 0 Å². The maximum Gasteiger partial charge on any atom is 0.411 e. The van der Waals surface area contributed by atoms with Gasteiger partial charge in [-0.15, -0.1) is 0 Å². The third-order valence-corrected chi connectivity index (χ3v) is 2.42. The Morgan fingerprint density at radius 2 is 2.22 bits per heavy atom. The normalized spacial score (nSPS) is 13.8. The van der Waals surface area contributed by atoms with Gasteiger partial charge in [0.2, 0.25) is 0 Å². The second kappa shape index (κ2) is 6.75. The lowest BCUT2D eigenvalue weighted by Crippen LogP contribution is -2.28. The zero-order chi connectivity index (χ0) is 13.6. The number of aryl methyl sites for hydroxylation is 1. The molecule has 4 nitrogen and oxygen atoms in total. The van der Waals surface area contributed by atoms with Crippen LogP contribution in [0.2, 0.25) is 0 Å². The zero-order valence-corrected chi connectivity index (χ0v) is 10.5. The number of hydrogen-bond acceptors (Lipinski definition) is 3. The third kappa shape index (κ3) is 4.66. The van der Waals surface area contributed by atoms with E-state index in [-0.39, 0.29) is 12.6 Å². The Kier molecular flexibility index (Phi) is 5.61. The molecule has 1 atom stereocenters. The smallest absolute Gasteiger partial charge is 0.370 e. The molecule has 0 spiro atoms. The summed E-state index contributed by atoms with van der Waals surface area (Å²) in [6.07, 6.45) is 0.0896. The van der Waals surface area contributed by atoms with Crippen molar-refractivity contribution >= 4 is 0 Å². The summed E-state index contributed by atoms with van der Waals surface area (Å²) in [5, 5.41) is 2.91. The molecule has 0 amide bonds. The molecule has 0 aromatic carbocycles. The summed E-state index contributed by atoms with van der Waals surface area (Å²) in [6, 6.07) is -0.339. The van der Waals surface area contributed by atoms with E-state index < -0.39 is 12.8 Å². The highest BCUT2D eigenvalue weighted by molar-refractivity contribution is 4.99. The van der Waals surface area contributed by atoms with Crippen LogP contribution in [0.4, 0.5) is 13.2 Å².